The Morgan fingerprint density at radius 1 is 1.14 bits per heavy atom. The van der Waals surface area contributed by atoms with E-state index >= 15 is 0 Å². The van der Waals surface area contributed by atoms with E-state index in [9.17, 15) is 9.18 Å². The third kappa shape index (κ3) is 3.44. The van der Waals surface area contributed by atoms with Crippen molar-refractivity contribution in [2.24, 2.45) is 0 Å². The first kappa shape index (κ1) is 18.4. The first-order valence-electron chi connectivity index (χ1n) is 9.59. The van der Waals surface area contributed by atoms with E-state index in [-0.39, 0.29) is 17.6 Å². The highest BCUT2D eigenvalue weighted by Crippen LogP contribution is 2.22. The highest BCUT2D eigenvalue weighted by molar-refractivity contribution is 5.98. The number of anilines is 1. The minimum atomic E-state index is -0.322. The first-order chi connectivity index (χ1) is 13.4. The summed E-state index contributed by atoms with van der Waals surface area (Å²) < 4.78 is 13.9. The summed E-state index contributed by atoms with van der Waals surface area (Å²) in [4.78, 5) is 29.1. The minimum Gasteiger partial charge on any atom is -0.353 e. The molecular formula is C21H24FN5O. The van der Waals surface area contributed by atoms with E-state index in [1.807, 2.05) is 13.0 Å². The van der Waals surface area contributed by atoms with Gasteiger partial charge in [0.15, 0.2) is 0 Å². The Bertz CT molecular complexity index is 1020. The third-order valence-corrected chi connectivity index (χ3v) is 5.11. The van der Waals surface area contributed by atoms with Crippen LogP contribution in [0.15, 0.2) is 30.3 Å². The number of benzene rings is 1. The molecule has 4 rings (SSSR count). The topological polar surface area (TPSA) is 65.1 Å². The number of aromatic nitrogens is 3. The van der Waals surface area contributed by atoms with Crippen LogP contribution in [0.4, 0.5) is 10.2 Å². The molecule has 0 unspecified atom stereocenters. The van der Waals surface area contributed by atoms with Gasteiger partial charge >= 0.3 is 0 Å². The first-order valence-corrected chi connectivity index (χ1v) is 9.59. The number of carbonyl (C=O) groups excluding carboxylic acids is 1. The Kier molecular flexibility index (Phi) is 4.75. The lowest BCUT2D eigenvalue weighted by Crippen LogP contribution is -2.49. The highest BCUT2D eigenvalue weighted by atomic mass is 19.1. The normalized spacial score (nSPS) is 14.9. The van der Waals surface area contributed by atoms with Gasteiger partial charge in [0.25, 0.3) is 5.91 Å². The molecular weight excluding hydrogens is 357 g/mol. The highest BCUT2D eigenvalue weighted by Gasteiger charge is 2.25. The van der Waals surface area contributed by atoms with E-state index in [0.717, 1.165) is 17.3 Å². The largest absolute Gasteiger partial charge is 0.353 e. The standard InChI is InChI=1S/C21H24FN5O/c1-13(2)20-23-14(3)11-19(25-20)26-7-9-27(10-8-26)21(28)18-12-15-16(22)5-4-6-17(15)24-18/h4-6,11-13,24H,7-10H2,1-3H3. The summed E-state index contributed by atoms with van der Waals surface area (Å²) >= 11 is 0. The van der Waals surface area contributed by atoms with Crippen LogP contribution in [0.25, 0.3) is 10.9 Å². The molecule has 146 valence electrons. The molecule has 28 heavy (non-hydrogen) atoms. The predicted octanol–water partition coefficient (Wildman–Crippen LogP) is 3.49. The monoisotopic (exact) mass is 381 g/mol. The molecule has 1 aliphatic heterocycles. The predicted molar refractivity (Wildman–Crippen MR) is 107 cm³/mol. The Labute approximate surface area is 163 Å². The molecule has 1 N–H and O–H groups in total. The molecule has 7 heteroatoms. The van der Waals surface area contributed by atoms with Gasteiger partial charge in [-0.2, -0.15) is 0 Å². The smallest absolute Gasteiger partial charge is 0.270 e. The van der Waals surface area contributed by atoms with Crippen molar-refractivity contribution in [1.29, 1.82) is 0 Å². The van der Waals surface area contributed by atoms with Gasteiger partial charge < -0.3 is 14.8 Å². The van der Waals surface area contributed by atoms with E-state index in [0.29, 0.717) is 42.8 Å². The second-order valence-electron chi connectivity index (χ2n) is 7.54. The second-order valence-corrected chi connectivity index (χ2v) is 7.54. The number of nitrogens with one attached hydrogen (secondary N) is 1. The number of fused-ring (bicyclic) bond motifs is 1. The molecule has 0 bridgehead atoms. The number of amides is 1. The van der Waals surface area contributed by atoms with Crippen molar-refractivity contribution >= 4 is 22.6 Å². The molecule has 3 aromatic rings. The van der Waals surface area contributed by atoms with E-state index in [1.54, 1.807) is 23.1 Å². The van der Waals surface area contributed by atoms with E-state index in [1.165, 1.54) is 6.07 Å². The number of H-pyrrole nitrogens is 1. The summed E-state index contributed by atoms with van der Waals surface area (Å²) in [6.07, 6.45) is 0. The van der Waals surface area contributed by atoms with Crippen LogP contribution in [0.3, 0.4) is 0 Å². The minimum absolute atomic E-state index is 0.100. The summed E-state index contributed by atoms with van der Waals surface area (Å²) in [6, 6.07) is 8.40. The van der Waals surface area contributed by atoms with Gasteiger partial charge in [-0.15, -0.1) is 0 Å². The summed E-state index contributed by atoms with van der Waals surface area (Å²) in [5.41, 5.74) is 2.01. The summed E-state index contributed by atoms with van der Waals surface area (Å²) in [5.74, 6) is 1.60. The molecule has 0 saturated carbocycles. The van der Waals surface area contributed by atoms with E-state index < -0.39 is 0 Å². The molecule has 0 aliphatic carbocycles. The van der Waals surface area contributed by atoms with Crippen LogP contribution in [0.2, 0.25) is 0 Å². The van der Waals surface area contributed by atoms with Crippen molar-refractivity contribution in [3.05, 3.63) is 53.4 Å². The van der Waals surface area contributed by atoms with E-state index in [4.69, 9.17) is 0 Å². The van der Waals surface area contributed by atoms with Gasteiger partial charge in [-0.05, 0) is 25.1 Å². The lowest BCUT2D eigenvalue weighted by atomic mass is 10.2. The Morgan fingerprint density at radius 3 is 2.57 bits per heavy atom. The van der Waals surface area contributed by atoms with Crippen LogP contribution in [-0.2, 0) is 0 Å². The third-order valence-electron chi connectivity index (χ3n) is 5.11. The average molecular weight is 381 g/mol. The van der Waals surface area contributed by atoms with Gasteiger partial charge in [-0.25, -0.2) is 14.4 Å². The molecule has 2 aromatic heterocycles. The zero-order chi connectivity index (χ0) is 19.8. The molecule has 3 heterocycles. The van der Waals surface area contributed by atoms with Gasteiger partial charge in [0.05, 0.1) is 0 Å². The number of aryl methyl sites for hydroxylation is 1. The number of piperazine rings is 1. The molecule has 0 atom stereocenters. The fourth-order valence-electron chi connectivity index (χ4n) is 3.54. The number of nitrogens with zero attached hydrogens (tertiary/aromatic N) is 4. The molecule has 0 spiro atoms. The maximum atomic E-state index is 13.9. The van der Waals surface area contributed by atoms with Crippen molar-refractivity contribution < 1.29 is 9.18 Å². The number of rotatable bonds is 3. The molecule has 1 saturated heterocycles. The van der Waals surface area contributed by atoms with E-state index in [2.05, 4.69) is 33.7 Å². The summed E-state index contributed by atoms with van der Waals surface area (Å²) in [6.45, 7) is 8.73. The van der Waals surface area contributed by atoms with Gasteiger partial charge in [-0.3, -0.25) is 4.79 Å². The number of halogens is 1. The second kappa shape index (κ2) is 7.22. The zero-order valence-electron chi connectivity index (χ0n) is 16.4. The summed E-state index contributed by atoms with van der Waals surface area (Å²) in [5, 5.41) is 0.446. The number of aromatic amines is 1. The van der Waals surface area contributed by atoms with Crippen molar-refractivity contribution in [1.82, 2.24) is 19.9 Å². The van der Waals surface area contributed by atoms with Crippen molar-refractivity contribution in [3.63, 3.8) is 0 Å². The lowest BCUT2D eigenvalue weighted by Gasteiger charge is -2.35. The van der Waals surface area contributed by atoms with Gasteiger partial charge in [0.1, 0.15) is 23.2 Å². The molecule has 6 nitrogen and oxygen atoms in total. The maximum Gasteiger partial charge on any atom is 0.270 e. The number of carbonyl (C=O) groups is 1. The number of hydrogen-bond donors (Lipinski definition) is 1. The molecule has 1 fully saturated rings. The van der Waals surface area contributed by atoms with Crippen LogP contribution in [-0.4, -0.2) is 51.9 Å². The summed E-state index contributed by atoms with van der Waals surface area (Å²) in [7, 11) is 0. The van der Waals surface area contributed by atoms with Gasteiger partial charge in [0.2, 0.25) is 0 Å². The van der Waals surface area contributed by atoms with Crippen LogP contribution < -0.4 is 4.90 Å². The van der Waals surface area contributed by atoms with Crippen molar-refractivity contribution in [2.45, 2.75) is 26.7 Å². The van der Waals surface area contributed by atoms with Crippen LogP contribution >= 0.6 is 0 Å². The zero-order valence-corrected chi connectivity index (χ0v) is 16.4. The van der Waals surface area contributed by atoms with Crippen molar-refractivity contribution in [2.75, 3.05) is 31.1 Å². The molecule has 1 amide bonds. The quantitative estimate of drug-likeness (QED) is 0.754. The van der Waals surface area contributed by atoms with Crippen LogP contribution in [0.5, 0.6) is 0 Å². The van der Waals surface area contributed by atoms with Crippen LogP contribution in [0.1, 0.15) is 41.8 Å². The Hall–Kier alpha value is -2.96. The average Bonchev–Trinajstić information content (AvgIpc) is 3.13. The van der Waals surface area contributed by atoms with Gasteiger partial charge in [0, 0.05) is 54.8 Å². The fraction of sp³-hybridized carbons (Fsp3) is 0.381. The molecule has 1 aromatic carbocycles. The number of hydrogen-bond acceptors (Lipinski definition) is 4. The van der Waals surface area contributed by atoms with Crippen molar-refractivity contribution in [3.8, 4) is 0 Å². The van der Waals surface area contributed by atoms with Crippen LogP contribution in [0, 0.1) is 12.7 Å². The lowest BCUT2D eigenvalue weighted by molar-refractivity contribution is 0.0741. The van der Waals surface area contributed by atoms with Gasteiger partial charge in [-0.1, -0.05) is 19.9 Å². The SMILES string of the molecule is Cc1cc(N2CCN(C(=O)c3cc4c(F)cccc4[nH]3)CC2)nc(C(C)C)n1. The maximum absolute atomic E-state index is 13.9. The molecule has 1 aliphatic rings. The Balaban J connectivity index is 1.48. The fourth-order valence-corrected chi connectivity index (χ4v) is 3.54. The Morgan fingerprint density at radius 2 is 1.89 bits per heavy atom. The molecule has 0 radical (unpaired) electrons.